The molecule has 0 heterocycles. The Morgan fingerprint density at radius 2 is 1.11 bits per heavy atom. The lowest BCUT2D eigenvalue weighted by Gasteiger charge is -2.22. The van der Waals surface area contributed by atoms with Gasteiger partial charge in [0.25, 0.3) is 0 Å². The summed E-state index contributed by atoms with van der Waals surface area (Å²) in [5, 5.41) is 0. The molecule has 0 aliphatic heterocycles. The number of halogens is 2. The summed E-state index contributed by atoms with van der Waals surface area (Å²) in [5.74, 6) is 0. The van der Waals surface area contributed by atoms with E-state index in [2.05, 4.69) is 28.9 Å². The van der Waals surface area contributed by atoms with Gasteiger partial charge >= 0.3 is 0 Å². The average molecular weight is 298 g/mol. The van der Waals surface area contributed by atoms with Crippen molar-refractivity contribution < 1.29 is 0 Å². The lowest BCUT2D eigenvalue weighted by Crippen LogP contribution is -2.13. The van der Waals surface area contributed by atoms with Crippen LogP contribution in [-0.2, 0) is 13.1 Å². The molecule has 0 bridgehead atoms. The molecule has 0 saturated heterocycles. The van der Waals surface area contributed by atoms with E-state index in [-0.39, 0.29) is 0 Å². The van der Waals surface area contributed by atoms with Gasteiger partial charge in [0, 0.05) is 13.1 Å². The normalized spacial score (nSPS) is 11.1. The van der Waals surface area contributed by atoms with Gasteiger partial charge in [0.15, 0.2) is 6.78 Å². The zero-order valence-corrected chi connectivity index (χ0v) is 12.2. The van der Waals surface area contributed by atoms with E-state index in [0.717, 1.165) is 13.1 Å². The van der Waals surface area contributed by atoms with Crippen molar-refractivity contribution in [1.82, 2.24) is 4.67 Å². The molecule has 1 nitrogen and oxygen atoms in total. The van der Waals surface area contributed by atoms with Crippen molar-refractivity contribution in [3.05, 3.63) is 71.8 Å². The number of hydrogen-bond donors (Lipinski definition) is 0. The first-order valence-corrected chi connectivity index (χ1v) is 8.80. The molecule has 0 aromatic heterocycles. The molecule has 4 heteroatoms. The van der Waals surface area contributed by atoms with Crippen molar-refractivity contribution >= 4 is 29.3 Å². The first-order valence-electron chi connectivity index (χ1n) is 5.70. The minimum absolute atomic E-state index is 0.772. The van der Waals surface area contributed by atoms with Crippen LogP contribution in [0.2, 0.25) is 0 Å². The number of hydrogen-bond acceptors (Lipinski definition) is 1. The molecule has 2 rings (SSSR count). The first-order chi connectivity index (χ1) is 8.75. The lowest BCUT2D eigenvalue weighted by molar-refractivity contribution is 0.456. The highest BCUT2D eigenvalue weighted by molar-refractivity contribution is 8.02. The predicted molar refractivity (Wildman–Crippen MR) is 80.8 cm³/mol. The van der Waals surface area contributed by atoms with Gasteiger partial charge in [-0.25, -0.2) is 4.67 Å². The number of nitrogens with zero attached hydrogens (tertiary/aromatic N) is 1. The van der Waals surface area contributed by atoms with Crippen molar-refractivity contribution in [2.24, 2.45) is 0 Å². The van der Waals surface area contributed by atoms with Crippen molar-refractivity contribution in [2.45, 2.75) is 13.1 Å². The molecule has 0 saturated carbocycles. The molecule has 0 amide bonds. The Labute approximate surface area is 119 Å². The Balaban J connectivity index is 2.05. The molecule has 2 aromatic carbocycles. The summed E-state index contributed by atoms with van der Waals surface area (Å²) < 4.78 is 2.09. The molecule has 0 atom stereocenters. The topological polar surface area (TPSA) is 3.24 Å². The quantitative estimate of drug-likeness (QED) is 0.669. The van der Waals surface area contributed by atoms with E-state index in [4.69, 9.17) is 22.5 Å². The molecule has 0 aliphatic rings. The molecule has 18 heavy (non-hydrogen) atoms. The van der Waals surface area contributed by atoms with Gasteiger partial charge in [0.1, 0.15) is 0 Å². The van der Waals surface area contributed by atoms with Gasteiger partial charge < -0.3 is 0 Å². The summed E-state index contributed by atoms with van der Waals surface area (Å²) >= 11 is 12.2. The Bertz CT molecular complexity index is 420. The summed E-state index contributed by atoms with van der Waals surface area (Å²) in [6.07, 6.45) is 0. The van der Waals surface area contributed by atoms with E-state index in [0.29, 0.717) is 0 Å². The third-order valence-corrected chi connectivity index (χ3v) is 4.62. The molecule has 0 N–H and O–H groups in total. The maximum absolute atomic E-state index is 6.10. The standard InChI is InChI=1S/C14H14Cl2NP/c15-18(16)17(11-13-7-3-1-4-8-13)12-14-9-5-2-6-10-14/h1-10H,11-12H2. The van der Waals surface area contributed by atoms with Gasteiger partial charge in [0.2, 0.25) is 0 Å². The minimum Gasteiger partial charge on any atom is -0.249 e. The Kier molecular flexibility index (Phi) is 5.46. The molecule has 0 fully saturated rings. The van der Waals surface area contributed by atoms with E-state index in [1.165, 1.54) is 11.1 Å². The largest absolute Gasteiger partial charge is 0.249 e. The van der Waals surface area contributed by atoms with Crippen molar-refractivity contribution in [2.75, 3.05) is 0 Å². The molecule has 94 valence electrons. The van der Waals surface area contributed by atoms with Crippen LogP contribution in [0.15, 0.2) is 60.7 Å². The third-order valence-electron chi connectivity index (χ3n) is 2.63. The van der Waals surface area contributed by atoms with Crippen LogP contribution in [0.4, 0.5) is 0 Å². The highest BCUT2D eigenvalue weighted by Gasteiger charge is 2.14. The van der Waals surface area contributed by atoms with Gasteiger partial charge in [-0.05, 0) is 11.1 Å². The van der Waals surface area contributed by atoms with Crippen LogP contribution in [-0.4, -0.2) is 4.67 Å². The second-order valence-electron chi connectivity index (χ2n) is 4.01. The smallest absolute Gasteiger partial charge is 0.160 e. The Morgan fingerprint density at radius 1 is 0.722 bits per heavy atom. The monoisotopic (exact) mass is 297 g/mol. The highest BCUT2D eigenvalue weighted by atomic mass is 35.9. The van der Waals surface area contributed by atoms with Crippen LogP contribution in [0.25, 0.3) is 0 Å². The third kappa shape index (κ3) is 4.26. The second-order valence-corrected chi connectivity index (χ2v) is 7.45. The van der Waals surface area contributed by atoms with E-state index in [9.17, 15) is 0 Å². The lowest BCUT2D eigenvalue weighted by atomic mass is 10.2. The average Bonchev–Trinajstić information content (AvgIpc) is 2.40. The van der Waals surface area contributed by atoms with E-state index >= 15 is 0 Å². The fraction of sp³-hybridized carbons (Fsp3) is 0.143. The van der Waals surface area contributed by atoms with Crippen LogP contribution in [0.1, 0.15) is 11.1 Å². The fourth-order valence-electron chi connectivity index (χ4n) is 1.75. The predicted octanol–water partition coefficient (Wildman–Crippen LogP) is 5.39. The molecule has 0 aliphatic carbocycles. The summed E-state index contributed by atoms with van der Waals surface area (Å²) in [4.78, 5) is 0. The molecular weight excluding hydrogens is 284 g/mol. The van der Waals surface area contributed by atoms with E-state index in [1.807, 2.05) is 36.4 Å². The van der Waals surface area contributed by atoms with E-state index in [1.54, 1.807) is 0 Å². The van der Waals surface area contributed by atoms with Crippen LogP contribution in [0.5, 0.6) is 0 Å². The fourth-order valence-corrected chi connectivity index (χ4v) is 2.93. The van der Waals surface area contributed by atoms with Crippen molar-refractivity contribution in [1.29, 1.82) is 0 Å². The Morgan fingerprint density at radius 3 is 1.44 bits per heavy atom. The van der Waals surface area contributed by atoms with Crippen LogP contribution >= 0.6 is 29.3 Å². The maximum atomic E-state index is 6.10. The summed E-state index contributed by atoms with van der Waals surface area (Å²) in [6.45, 7) is 0.411. The van der Waals surface area contributed by atoms with Gasteiger partial charge in [0.05, 0.1) is 0 Å². The van der Waals surface area contributed by atoms with Gasteiger partial charge in [-0.2, -0.15) is 0 Å². The molecule has 0 spiro atoms. The Hall–Kier alpha value is -0.590. The van der Waals surface area contributed by atoms with Crippen LogP contribution in [0, 0.1) is 0 Å². The minimum atomic E-state index is -1.13. The van der Waals surface area contributed by atoms with Crippen molar-refractivity contribution in [3.63, 3.8) is 0 Å². The van der Waals surface area contributed by atoms with Crippen LogP contribution in [0.3, 0.4) is 0 Å². The maximum Gasteiger partial charge on any atom is 0.160 e. The molecular formula is C14H14Cl2NP. The zero-order valence-electron chi connectivity index (χ0n) is 9.84. The van der Waals surface area contributed by atoms with Gasteiger partial charge in [-0.1, -0.05) is 83.1 Å². The first kappa shape index (κ1) is 13.8. The number of rotatable bonds is 5. The molecule has 2 aromatic rings. The summed E-state index contributed by atoms with van der Waals surface area (Å²) in [5.41, 5.74) is 2.45. The van der Waals surface area contributed by atoms with Gasteiger partial charge in [-0.15, -0.1) is 0 Å². The van der Waals surface area contributed by atoms with Crippen LogP contribution < -0.4 is 0 Å². The summed E-state index contributed by atoms with van der Waals surface area (Å²) in [7, 11) is 0. The molecule has 0 unspecified atom stereocenters. The summed E-state index contributed by atoms with van der Waals surface area (Å²) in [6, 6.07) is 20.5. The molecule has 0 radical (unpaired) electrons. The van der Waals surface area contributed by atoms with Crippen molar-refractivity contribution in [3.8, 4) is 0 Å². The second kappa shape index (κ2) is 7.11. The zero-order chi connectivity index (χ0) is 12.8. The SMILES string of the molecule is ClP(Cl)N(Cc1ccccc1)Cc1ccccc1. The van der Waals surface area contributed by atoms with E-state index < -0.39 is 6.78 Å². The van der Waals surface area contributed by atoms with Gasteiger partial charge in [-0.3, -0.25) is 0 Å². The highest BCUT2D eigenvalue weighted by Crippen LogP contribution is 2.51. The number of benzene rings is 2.